The predicted octanol–water partition coefficient (Wildman–Crippen LogP) is 2.09. The minimum absolute atomic E-state index is 0.00543. The fourth-order valence-corrected chi connectivity index (χ4v) is 1.62. The van der Waals surface area contributed by atoms with Crippen molar-refractivity contribution in [1.29, 1.82) is 0 Å². The lowest BCUT2D eigenvalue weighted by Gasteiger charge is -2.18. The van der Waals surface area contributed by atoms with Crippen LogP contribution in [0.1, 0.15) is 33.6 Å². The highest BCUT2D eigenvalue weighted by molar-refractivity contribution is 7.80. The van der Waals surface area contributed by atoms with E-state index in [9.17, 15) is 0 Å². The molecule has 16 heavy (non-hydrogen) atoms. The Hall–Kier alpha value is -1.10. The number of hydrogen-bond acceptors (Lipinski definition) is 2. The molecule has 1 fully saturated rings. The lowest BCUT2D eigenvalue weighted by Crippen LogP contribution is -2.30. The summed E-state index contributed by atoms with van der Waals surface area (Å²) in [5.74, 6) is 0. The van der Waals surface area contributed by atoms with Gasteiger partial charge in [0, 0.05) is 12.2 Å². The number of nitrogens with one attached hydrogen (secondary N) is 2. The van der Waals surface area contributed by atoms with E-state index in [0.29, 0.717) is 11.2 Å². The van der Waals surface area contributed by atoms with Crippen LogP contribution in [-0.2, 0) is 5.54 Å². The maximum atomic E-state index is 5.20. The number of nitrogens with zero attached hydrogens (tertiary/aromatic N) is 2. The number of rotatable bonds is 2. The molecule has 0 atom stereocenters. The lowest BCUT2D eigenvalue weighted by atomic mass is 10.1. The molecule has 1 aliphatic rings. The number of hydrogen-bond donors (Lipinski definition) is 2. The average molecular weight is 238 g/mol. The Bertz CT molecular complexity index is 387. The van der Waals surface area contributed by atoms with Crippen molar-refractivity contribution in [1.82, 2.24) is 15.1 Å². The predicted molar refractivity (Wildman–Crippen MR) is 69.6 cm³/mol. The van der Waals surface area contributed by atoms with E-state index in [1.165, 1.54) is 12.8 Å². The van der Waals surface area contributed by atoms with Crippen LogP contribution in [0.25, 0.3) is 0 Å². The molecule has 4 nitrogen and oxygen atoms in total. The molecular formula is C11H18N4S. The van der Waals surface area contributed by atoms with Crippen molar-refractivity contribution in [2.45, 2.75) is 45.2 Å². The lowest BCUT2D eigenvalue weighted by molar-refractivity contribution is 0.355. The van der Waals surface area contributed by atoms with Gasteiger partial charge in [0.05, 0.1) is 17.4 Å². The molecule has 2 rings (SSSR count). The summed E-state index contributed by atoms with van der Waals surface area (Å²) in [6.45, 7) is 6.35. The minimum Gasteiger partial charge on any atom is -0.360 e. The summed E-state index contributed by atoms with van der Waals surface area (Å²) in [6.07, 6.45) is 6.22. The zero-order chi connectivity index (χ0) is 11.8. The standard InChI is InChI=1S/C11H18N4S/c1-11(2,3)15-7-9(6-12-15)14-10(16)13-8-4-5-8/h6-8H,4-5H2,1-3H3,(H2,13,14,16). The molecule has 0 radical (unpaired) electrons. The van der Waals surface area contributed by atoms with Crippen molar-refractivity contribution in [3.63, 3.8) is 0 Å². The van der Waals surface area contributed by atoms with Crippen LogP contribution in [0.3, 0.4) is 0 Å². The van der Waals surface area contributed by atoms with Gasteiger partial charge in [-0.3, -0.25) is 4.68 Å². The van der Waals surface area contributed by atoms with Gasteiger partial charge in [-0.2, -0.15) is 5.10 Å². The first kappa shape index (κ1) is 11.4. The highest BCUT2D eigenvalue weighted by Gasteiger charge is 2.22. The Morgan fingerprint density at radius 3 is 2.69 bits per heavy atom. The van der Waals surface area contributed by atoms with Crippen molar-refractivity contribution in [2.75, 3.05) is 5.32 Å². The molecule has 0 spiro atoms. The molecule has 5 heteroatoms. The van der Waals surface area contributed by atoms with Crippen LogP contribution in [0.4, 0.5) is 5.69 Å². The summed E-state index contributed by atoms with van der Waals surface area (Å²) in [4.78, 5) is 0. The Balaban J connectivity index is 1.93. The molecule has 0 bridgehead atoms. The summed E-state index contributed by atoms with van der Waals surface area (Å²) in [6, 6.07) is 0.581. The van der Waals surface area contributed by atoms with E-state index in [1.807, 2.05) is 10.9 Å². The van der Waals surface area contributed by atoms with E-state index in [4.69, 9.17) is 12.2 Å². The van der Waals surface area contributed by atoms with Gasteiger partial charge in [-0.15, -0.1) is 0 Å². The van der Waals surface area contributed by atoms with Crippen LogP contribution in [0.5, 0.6) is 0 Å². The fourth-order valence-electron chi connectivity index (χ4n) is 1.33. The molecule has 0 aliphatic heterocycles. The largest absolute Gasteiger partial charge is 0.360 e. The molecule has 0 aromatic carbocycles. The molecule has 0 amide bonds. The minimum atomic E-state index is 0.00543. The Kier molecular flexibility index (Phi) is 2.88. The third kappa shape index (κ3) is 2.95. The molecule has 1 saturated carbocycles. The summed E-state index contributed by atoms with van der Waals surface area (Å²) < 4.78 is 1.93. The molecule has 1 aromatic heterocycles. The zero-order valence-corrected chi connectivity index (χ0v) is 10.8. The van der Waals surface area contributed by atoms with E-state index in [2.05, 4.69) is 36.5 Å². The van der Waals surface area contributed by atoms with Crippen LogP contribution < -0.4 is 10.6 Å². The first-order chi connectivity index (χ1) is 7.45. The Labute approximate surface area is 101 Å². The van der Waals surface area contributed by atoms with Gasteiger partial charge in [-0.05, 0) is 45.8 Å². The second-order valence-corrected chi connectivity index (χ2v) is 5.63. The molecule has 1 aromatic rings. The summed E-state index contributed by atoms with van der Waals surface area (Å²) in [5.41, 5.74) is 0.943. The number of aromatic nitrogens is 2. The molecule has 0 unspecified atom stereocenters. The molecule has 1 heterocycles. The first-order valence-corrected chi connectivity index (χ1v) is 5.98. The van der Waals surface area contributed by atoms with Gasteiger partial charge in [0.2, 0.25) is 0 Å². The first-order valence-electron chi connectivity index (χ1n) is 5.58. The van der Waals surface area contributed by atoms with Gasteiger partial charge in [0.25, 0.3) is 0 Å². The number of thiocarbonyl (C=S) groups is 1. The average Bonchev–Trinajstić information content (AvgIpc) is 2.80. The van der Waals surface area contributed by atoms with E-state index >= 15 is 0 Å². The molecule has 88 valence electrons. The van der Waals surface area contributed by atoms with E-state index < -0.39 is 0 Å². The quantitative estimate of drug-likeness (QED) is 0.774. The summed E-state index contributed by atoms with van der Waals surface area (Å²) >= 11 is 5.20. The van der Waals surface area contributed by atoms with Crippen LogP contribution in [0.15, 0.2) is 12.4 Å². The van der Waals surface area contributed by atoms with Crippen molar-refractivity contribution in [3.05, 3.63) is 12.4 Å². The maximum absolute atomic E-state index is 5.20. The van der Waals surface area contributed by atoms with Crippen LogP contribution in [0, 0.1) is 0 Å². The molecule has 1 aliphatic carbocycles. The second-order valence-electron chi connectivity index (χ2n) is 5.22. The van der Waals surface area contributed by atoms with Crippen molar-refractivity contribution >= 4 is 23.0 Å². The van der Waals surface area contributed by atoms with Crippen LogP contribution in [-0.4, -0.2) is 20.9 Å². The van der Waals surface area contributed by atoms with Crippen molar-refractivity contribution in [2.24, 2.45) is 0 Å². The Morgan fingerprint density at radius 1 is 1.50 bits per heavy atom. The fraction of sp³-hybridized carbons (Fsp3) is 0.636. The Morgan fingerprint density at radius 2 is 2.19 bits per heavy atom. The second kappa shape index (κ2) is 4.05. The van der Waals surface area contributed by atoms with E-state index in [1.54, 1.807) is 6.20 Å². The van der Waals surface area contributed by atoms with Gasteiger partial charge in [0.15, 0.2) is 5.11 Å². The zero-order valence-electron chi connectivity index (χ0n) is 9.95. The SMILES string of the molecule is CC(C)(C)n1cc(NC(=S)NC2CC2)cn1. The van der Waals surface area contributed by atoms with Gasteiger partial charge in [-0.1, -0.05) is 0 Å². The molecule has 0 saturated heterocycles. The van der Waals surface area contributed by atoms with Crippen molar-refractivity contribution in [3.8, 4) is 0 Å². The highest BCUT2D eigenvalue weighted by atomic mass is 32.1. The van der Waals surface area contributed by atoms with Crippen molar-refractivity contribution < 1.29 is 0 Å². The third-order valence-electron chi connectivity index (χ3n) is 2.44. The van der Waals surface area contributed by atoms with Gasteiger partial charge in [-0.25, -0.2) is 0 Å². The highest BCUT2D eigenvalue weighted by Crippen LogP contribution is 2.19. The summed E-state index contributed by atoms with van der Waals surface area (Å²) in [5, 5.41) is 11.4. The van der Waals surface area contributed by atoms with Gasteiger partial charge in [0.1, 0.15) is 0 Å². The normalized spacial score (nSPS) is 15.9. The van der Waals surface area contributed by atoms with Crippen LogP contribution in [0.2, 0.25) is 0 Å². The monoisotopic (exact) mass is 238 g/mol. The topological polar surface area (TPSA) is 41.9 Å². The molecular weight excluding hydrogens is 220 g/mol. The smallest absolute Gasteiger partial charge is 0.171 e. The van der Waals surface area contributed by atoms with Gasteiger partial charge >= 0.3 is 0 Å². The third-order valence-corrected chi connectivity index (χ3v) is 2.66. The summed E-state index contributed by atoms with van der Waals surface area (Å²) in [7, 11) is 0. The maximum Gasteiger partial charge on any atom is 0.171 e. The van der Waals surface area contributed by atoms with E-state index in [-0.39, 0.29) is 5.54 Å². The molecule has 2 N–H and O–H groups in total. The van der Waals surface area contributed by atoms with Gasteiger partial charge < -0.3 is 10.6 Å². The van der Waals surface area contributed by atoms with Crippen LogP contribution >= 0.6 is 12.2 Å². The van der Waals surface area contributed by atoms with E-state index in [0.717, 1.165) is 5.69 Å². The number of anilines is 1.